The van der Waals surface area contributed by atoms with Crippen LogP contribution in [0.1, 0.15) is 46.5 Å². The normalized spacial score (nSPS) is 11.8. The molecule has 0 bridgehead atoms. The third-order valence-electron chi connectivity index (χ3n) is 4.33. The topological polar surface area (TPSA) is 93.5 Å². The van der Waals surface area contributed by atoms with Gasteiger partial charge >= 0.3 is 11.9 Å². The molecule has 0 radical (unpaired) electrons. The highest BCUT2D eigenvalue weighted by Crippen LogP contribution is 2.39. The minimum absolute atomic E-state index is 0.0701. The van der Waals surface area contributed by atoms with Crippen LogP contribution in [0.3, 0.4) is 0 Å². The highest BCUT2D eigenvalue weighted by molar-refractivity contribution is 6.27. The van der Waals surface area contributed by atoms with Crippen LogP contribution in [0, 0.1) is 11.3 Å². The molecule has 140 valence electrons. The molecule has 1 aliphatic carbocycles. The number of esters is 2. The van der Waals surface area contributed by atoms with Gasteiger partial charge in [0.1, 0.15) is 0 Å². The van der Waals surface area contributed by atoms with Crippen molar-refractivity contribution < 1.29 is 23.9 Å². The lowest BCUT2D eigenvalue weighted by Crippen LogP contribution is -2.24. The molecular formula is C22H17NO5. The summed E-state index contributed by atoms with van der Waals surface area (Å²) >= 11 is 0. The second kappa shape index (κ2) is 7.89. The zero-order valence-electron chi connectivity index (χ0n) is 15.4. The molecule has 0 unspecified atom stereocenters. The molecule has 0 aromatic heterocycles. The fourth-order valence-electron chi connectivity index (χ4n) is 3.24. The maximum absolute atomic E-state index is 13.0. The quantitative estimate of drug-likeness (QED) is 0.301. The first-order valence-electron chi connectivity index (χ1n) is 8.81. The minimum Gasteiger partial charge on any atom is -0.462 e. The number of fused-ring (bicyclic) bond motifs is 2. The minimum atomic E-state index is -0.839. The number of carbonyl (C=O) groups excluding carboxylic acids is 3. The second-order valence-corrected chi connectivity index (χ2v) is 5.91. The monoisotopic (exact) mass is 375 g/mol. The van der Waals surface area contributed by atoms with E-state index in [0.717, 1.165) is 0 Å². The smallest absolute Gasteiger partial charge is 0.346 e. The van der Waals surface area contributed by atoms with E-state index in [1.165, 1.54) is 6.07 Å². The third kappa shape index (κ3) is 3.08. The molecule has 0 spiro atoms. The number of rotatable bonds is 4. The number of benzene rings is 2. The number of hydrogen-bond donors (Lipinski definition) is 0. The number of ketones is 1. The summed E-state index contributed by atoms with van der Waals surface area (Å²) in [6, 6.07) is 13.4. The van der Waals surface area contributed by atoms with Crippen LogP contribution in [-0.2, 0) is 19.1 Å². The average Bonchev–Trinajstić information content (AvgIpc) is 2.70. The lowest BCUT2D eigenvalue weighted by molar-refractivity contribution is -0.146. The van der Waals surface area contributed by atoms with Crippen molar-refractivity contribution in [3.8, 4) is 6.07 Å². The van der Waals surface area contributed by atoms with Crippen LogP contribution >= 0.6 is 0 Å². The van der Waals surface area contributed by atoms with E-state index in [-0.39, 0.29) is 41.3 Å². The fourth-order valence-corrected chi connectivity index (χ4v) is 3.24. The highest BCUT2D eigenvalue weighted by Gasteiger charge is 2.35. The van der Waals surface area contributed by atoms with Gasteiger partial charge < -0.3 is 9.47 Å². The molecule has 0 N–H and O–H groups in total. The van der Waals surface area contributed by atoms with Gasteiger partial charge in [-0.05, 0) is 31.0 Å². The van der Waals surface area contributed by atoms with E-state index in [1.807, 2.05) is 6.07 Å². The Kier molecular flexibility index (Phi) is 5.37. The molecule has 0 fully saturated rings. The predicted molar refractivity (Wildman–Crippen MR) is 100 cm³/mol. The molecule has 0 aliphatic heterocycles. The first kappa shape index (κ1) is 19.1. The third-order valence-corrected chi connectivity index (χ3v) is 4.33. The van der Waals surface area contributed by atoms with Gasteiger partial charge in [0.2, 0.25) is 0 Å². The van der Waals surface area contributed by atoms with Gasteiger partial charge in [-0.1, -0.05) is 36.4 Å². The lowest BCUT2D eigenvalue weighted by Gasteiger charge is -2.24. The molecule has 6 nitrogen and oxygen atoms in total. The van der Waals surface area contributed by atoms with E-state index in [9.17, 15) is 19.6 Å². The van der Waals surface area contributed by atoms with E-state index in [4.69, 9.17) is 9.47 Å². The van der Waals surface area contributed by atoms with Gasteiger partial charge in [-0.25, -0.2) is 9.59 Å². The Balaban J connectivity index is 2.45. The Labute approximate surface area is 162 Å². The maximum atomic E-state index is 13.0. The van der Waals surface area contributed by atoms with Crippen LogP contribution in [0.2, 0.25) is 0 Å². The molecule has 3 rings (SSSR count). The summed E-state index contributed by atoms with van der Waals surface area (Å²) in [7, 11) is 0. The number of ether oxygens (including phenoxy) is 2. The predicted octanol–water partition coefficient (Wildman–Crippen LogP) is 3.03. The molecule has 28 heavy (non-hydrogen) atoms. The first-order chi connectivity index (χ1) is 13.5. The number of nitriles is 1. The van der Waals surface area contributed by atoms with Crippen molar-refractivity contribution in [3.63, 3.8) is 0 Å². The van der Waals surface area contributed by atoms with Crippen LogP contribution in [0.5, 0.6) is 0 Å². The van der Waals surface area contributed by atoms with Crippen LogP contribution in [-0.4, -0.2) is 30.9 Å². The molecule has 6 heteroatoms. The molecule has 0 saturated carbocycles. The standard InChI is InChI=1S/C22H17NO5/c1-3-27-21(25)19(22(26)28-4-2)18-14-9-5-6-10-15(14)20(24)17-13(12-23)8-7-11-16(17)18/h5-11H,3-4H2,1-2H3. The van der Waals surface area contributed by atoms with E-state index in [1.54, 1.807) is 50.2 Å². The van der Waals surface area contributed by atoms with Crippen LogP contribution < -0.4 is 0 Å². The molecule has 0 heterocycles. The largest absolute Gasteiger partial charge is 0.462 e. The zero-order chi connectivity index (χ0) is 20.3. The summed E-state index contributed by atoms with van der Waals surface area (Å²) in [6.07, 6.45) is 0. The van der Waals surface area contributed by atoms with Crippen molar-refractivity contribution in [1.29, 1.82) is 5.26 Å². The number of carbonyl (C=O) groups is 3. The zero-order valence-corrected chi connectivity index (χ0v) is 15.4. The Hall–Kier alpha value is -3.72. The molecule has 0 atom stereocenters. The van der Waals surface area contributed by atoms with Gasteiger partial charge in [-0.2, -0.15) is 5.26 Å². The van der Waals surface area contributed by atoms with Gasteiger partial charge in [0.25, 0.3) is 0 Å². The van der Waals surface area contributed by atoms with E-state index in [2.05, 4.69) is 0 Å². The number of nitrogens with zero attached hydrogens (tertiary/aromatic N) is 1. The van der Waals surface area contributed by atoms with E-state index in [0.29, 0.717) is 16.7 Å². The lowest BCUT2D eigenvalue weighted by atomic mass is 9.77. The Morgan fingerprint density at radius 1 is 0.893 bits per heavy atom. The van der Waals surface area contributed by atoms with E-state index >= 15 is 0 Å². The SMILES string of the molecule is CCOC(=O)C(C(=O)OCC)=C1c2ccccc2C(=O)c2c(C#N)cccc21. The molecule has 0 saturated heterocycles. The van der Waals surface area contributed by atoms with Crippen molar-refractivity contribution in [2.24, 2.45) is 0 Å². The van der Waals surface area contributed by atoms with Crippen molar-refractivity contribution >= 4 is 23.3 Å². The summed E-state index contributed by atoms with van der Waals surface area (Å²) in [5.74, 6) is -2.01. The Morgan fingerprint density at radius 2 is 1.46 bits per heavy atom. The maximum Gasteiger partial charge on any atom is 0.346 e. The first-order valence-corrected chi connectivity index (χ1v) is 8.81. The summed E-state index contributed by atoms with van der Waals surface area (Å²) in [4.78, 5) is 38.4. The summed E-state index contributed by atoms with van der Waals surface area (Å²) in [5.41, 5.74) is 1.33. The summed E-state index contributed by atoms with van der Waals surface area (Å²) in [5, 5.41) is 9.47. The molecule has 0 amide bonds. The molecule has 2 aromatic rings. The Bertz CT molecular complexity index is 1040. The second-order valence-electron chi connectivity index (χ2n) is 5.91. The van der Waals surface area contributed by atoms with Crippen LogP contribution in [0.4, 0.5) is 0 Å². The van der Waals surface area contributed by atoms with Crippen molar-refractivity contribution in [2.45, 2.75) is 13.8 Å². The average molecular weight is 375 g/mol. The fraction of sp³-hybridized carbons (Fsp3) is 0.182. The van der Waals surface area contributed by atoms with Gasteiger partial charge in [-0.15, -0.1) is 0 Å². The Morgan fingerprint density at radius 3 is 2.04 bits per heavy atom. The summed E-state index contributed by atoms with van der Waals surface area (Å²) < 4.78 is 10.2. The molecule has 1 aliphatic rings. The van der Waals surface area contributed by atoms with Crippen LogP contribution in [0.15, 0.2) is 48.0 Å². The van der Waals surface area contributed by atoms with E-state index < -0.39 is 11.9 Å². The van der Waals surface area contributed by atoms with Gasteiger partial charge in [0.15, 0.2) is 11.4 Å². The van der Waals surface area contributed by atoms with Crippen molar-refractivity contribution in [2.75, 3.05) is 13.2 Å². The molecule has 2 aromatic carbocycles. The van der Waals surface area contributed by atoms with Gasteiger partial charge in [0, 0.05) is 16.7 Å². The van der Waals surface area contributed by atoms with Crippen molar-refractivity contribution in [1.82, 2.24) is 0 Å². The van der Waals surface area contributed by atoms with Crippen molar-refractivity contribution in [3.05, 3.63) is 75.9 Å². The van der Waals surface area contributed by atoms with Gasteiger partial charge in [-0.3, -0.25) is 4.79 Å². The summed E-state index contributed by atoms with van der Waals surface area (Å²) in [6.45, 7) is 3.40. The van der Waals surface area contributed by atoms with Crippen LogP contribution in [0.25, 0.3) is 5.57 Å². The number of hydrogen-bond acceptors (Lipinski definition) is 6. The van der Waals surface area contributed by atoms with Gasteiger partial charge in [0.05, 0.1) is 24.8 Å². The highest BCUT2D eigenvalue weighted by atomic mass is 16.6. The molecular weight excluding hydrogens is 358 g/mol.